The molecule has 0 spiro atoms. The molecule has 0 saturated carbocycles. The first kappa shape index (κ1) is 6.07. The van der Waals surface area contributed by atoms with Crippen LogP contribution in [0.5, 0.6) is 0 Å². The van der Waals surface area contributed by atoms with Crippen LogP contribution in [0.4, 0.5) is 0 Å². The van der Waals surface area contributed by atoms with Crippen LogP contribution in [0.15, 0.2) is 17.8 Å². The summed E-state index contributed by atoms with van der Waals surface area (Å²) in [4.78, 5) is 9.03. The fourth-order valence-electron chi connectivity index (χ4n) is 0.739. The molecule has 2 aromatic rings. The Balaban J connectivity index is 2.93. The van der Waals surface area contributed by atoms with E-state index in [4.69, 9.17) is 11.6 Å². The third kappa shape index (κ3) is 0.786. The molecule has 0 aliphatic carbocycles. The van der Waals surface area contributed by atoms with Crippen molar-refractivity contribution in [1.29, 1.82) is 0 Å². The van der Waals surface area contributed by atoms with E-state index in [9.17, 15) is 0 Å². The number of aromatic nitrogens is 2. The Morgan fingerprint density at radius 2 is 2.10 bits per heavy atom. The van der Waals surface area contributed by atoms with E-state index < -0.39 is 0 Å². The van der Waals surface area contributed by atoms with Crippen molar-refractivity contribution in [2.24, 2.45) is 0 Å². The van der Waals surface area contributed by atoms with Crippen molar-refractivity contribution in [3.8, 4) is 0 Å². The van der Waals surface area contributed by atoms with Gasteiger partial charge in [-0.1, -0.05) is 11.6 Å². The molecular weight excluding hydrogens is 168 g/mol. The lowest BCUT2D eigenvalue weighted by molar-refractivity contribution is 1.32. The quantitative estimate of drug-likeness (QED) is 0.607. The molecule has 0 saturated heterocycles. The summed E-state index contributed by atoms with van der Waals surface area (Å²) in [7, 11) is 0. The molecule has 10 heavy (non-hydrogen) atoms. The molecule has 2 nitrogen and oxygen atoms in total. The molecule has 0 aromatic carbocycles. The van der Waals surface area contributed by atoms with Crippen LogP contribution >= 0.6 is 22.9 Å². The third-order valence-electron chi connectivity index (χ3n) is 1.16. The molecule has 0 bridgehead atoms. The van der Waals surface area contributed by atoms with Crippen molar-refractivity contribution < 1.29 is 0 Å². The highest BCUT2D eigenvalue weighted by atomic mass is 35.5. The fourth-order valence-corrected chi connectivity index (χ4v) is 1.79. The maximum atomic E-state index is 5.78. The average molecular weight is 171 g/mol. The van der Waals surface area contributed by atoms with Gasteiger partial charge < -0.3 is 0 Å². The first-order valence-corrected chi connectivity index (χ1v) is 3.97. The first-order chi connectivity index (χ1) is 4.88. The van der Waals surface area contributed by atoms with E-state index in [1.54, 1.807) is 12.4 Å². The molecule has 2 heterocycles. The molecular formula is C6H3ClN2S. The zero-order valence-corrected chi connectivity index (χ0v) is 6.49. The topological polar surface area (TPSA) is 25.8 Å². The molecule has 0 unspecified atom stereocenters. The maximum absolute atomic E-state index is 5.78. The largest absolute Gasteiger partial charge is 0.251 e. The molecule has 0 fully saturated rings. The Kier molecular flexibility index (Phi) is 1.32. The summed E-state index contributed by atoms with van der Waals surface area (Å²) in [6.07, 6.45) is 3.30. The van der Waals surface area contributed by atoms with Crippen LogP contribution in [-0.4, -0.2) is 9.97 Å². The number of nitrogens with zero attached hydrogens (tertiary/aromatic N) is 2. The zero-order chi connectivity index (χ0) is 6.97. The third-order valence-corrected chi connectivity index (χ3v) is 2.46. The van der Waals surface area contributed by atoms with Gasteiger partial charge in [-0.15, -0.1) is 11.3 Å². The van der Waals surface area contributed by atoms with Crippen LogP contribution in [0.3, 0.4) is 0 Å². The molecule has 4 heteroatoms. The van der Waals surface area contributed by atoms with Crippen LogP contribution in [0, 0.1) is 0 Å². The van der Waals surface area contributed by atoms with Gasteiger partial charge in [-0.05, 0) is 0 Å². The van der Waals surface area contributed by atoms with E-state index in [0.29, 0.717) is 5.02 Å². The Bertz CT molecular complexity index is 357. The molecule has 0 atom stereocenters. The minimum absolute atomic E-state index is 0.688. The number of hydrogen-bond acceptors (Lipinski definition) is 3. The molecule has 50 valence electrons. The van der Waals surface area contributed by atoms with Gasteiger partial charge in [0.25, 0.3) is 0 Å². The lowest BCUT2D eigenvalue weighted by atomic mass is 10.5. The van der Waals surface area contributed by atoms with E-state index in [-0.39, 0.29) is 0 Å². The van der Waals surface area contributed by atoms with Crippen molar-refractivity contribution in [3.63, 3.8) is 0 Å². The second-order valence-electron chi connectivity index (χ2n) is 1.79. The lowest BCUT2D eigenvalue weighted by Gasteiger charge is -1.83. The second-order valence-corrected chi connectivity index (χ2v) is 3.06. The van der Waals surface area contributed by atoms with Crippen molar-refractivity contribution in [1.82, 2.24) is 9.97 Å². The fraction of sp³-hybridized carbons (Fsp3) is 0. The van der Waals surface area contributed by atoms with E-state index in [2.05, 4.69) is 9.97 Å². The zero-order valence-electron chi connectivity index (χ0n) is 4.91. The van der Waals surface area contributed by atoms with E-state index in [1.165, 1.54) is 11.3 Å². The Labute approximate surface area is 66.5 Å². The number of fused-ring (bicyclic) bond motifs is 1. The van der Waals surface area contributed by atoms with E-state index in [0.717, 1.165) is 10.3 Å². The Hall–Kier alpha value is -0.670. The van der Waals surface area contributed by atoms with Crippen molar-refractivity contribution in [3.05, 3.63) is 22.8 Å². The molecule has 2 rings (SSSR count). The normalized spacial score (nSPS) is 10.5. The van der Waals surface area contributed by atoms with Gasteiger partial charge in [0.15, 0.2) is 0 Å². The van der Waals surface area contributed by atoms with Crippen LogP contribution < -0.4 is 0 Å². The summed E-state index contributed by atoms with van der Waals surface area (Å²) in [5, 5.41) is 2.53. The summed E-state index contributed by atoms with van der Waals surface area (Å²) in [5.74, 6) is 0. The second kappa shape index (κ2) is 2.18. The first-order valence-electron chi connectivity index (χ1n) is 2.71. The van der Waals surface area contributed by atoms with Gasteiger partial charge in [0.2, 0.25) is 0 Å². The number of thiophene rings is 1. The Morgan fingerprint density at radius 1 is 1.30 bits per heavy atom. The van der Waals surface area contributed by atoms with Gasteiger partial charge >= 0.3 is 0 Å². The van der Waals surface area contributed by atoms with Gasteiger partial charge in [-0.3, -0.25) is 4.98 Å². The van der Waals surface area contributed by atoms with Crippen molar-refractivity contribution in [2.75, 3.05) is 0 Å². The van der Waals surface area contributed by atoms with Gasteiger partial charge in [0.1, 0.15) is 10.3 Å². The lowest BCUT2D eigenvalue weighted by Crippen LogP contribution is -1.73. The van der Waals surface area contributed by atoms with Crippen LogP contribution in [0.25, 0.3) is 10.3 Å². The van der Waals surface area contributed by atoms with E-state index >= 15 is 0 Å². The predicted molar refractivity (Wildman–Crippen MR) is 42.4 cm³/mol. The highest BCUT2D eigenvalue weighted by molar-refractivity contribution is 7.17. The summed E-state index contributed by atoms with van der Waals surface area (Å²) in [5.41, 5.74) is 0.800. The summed E-state index contributed by atoms with van der Waals surface area (Å²) in [6.45, 7) is 0. The molecule has 0 radical (unpaired) electrons. The predicted octanol–water partition coefficient (Wildman–Crippen LogP) is 2.34. The van der Waals surface area contributed by atoms with Gasteiger partial charge in [0.05, 0.1) is 5.02 Å². The summed E-state index contributed by atoms with van der Waals surface area (Å²) >= 11 is 7.29. The minimum Gasteiger partial charge on any atom is -0.251 e. The SMILES string of the molecule is Clc1csc2nccnc12. The molecule has 0 N–H and O–H groups in total. The monoisotopic (exact) mass is 170 g/mol. The maximum Gasteiger partial charge on any atom is 0.143 e. The minimum atomic E-state index is 0.688. The van der Waals surface area contributed by atoms with E-state index in [1.807, 2.05) is 5.38 Å². The van der Waals surface area contributed by atoms with Crippen molar-refractivity contribution in [2.45, 2.75) is 0 Å². The standard InChI is InChI=1S/C6H3ClN2S/c7-4-3-10-6-5(4)8-1-2-9-6/h1-3H. The molecule has 0 aliphatic heterocycles. The highest BCUT2D eigenvalue weighted by Crippen LogP contribution is 2.25. The Morgan fingerprint density at radius 3 is 2.90 bits per heavy atom. The van der Waals surface area contributed by atoms with Gasteiger partial charge in [0, 0.05) is 17.8 Å². The number of halogens is 1. The van der Waals surface area contributed by atoms with Crippen LogP contribution in [-0.2, 0) is 0 Å². The molecule has 0 aliphatic rings. The summed E-state index contributed by atoms with van der Waals surface area (Å²) < 4.78 is 0. The summed E-state index contributed by atoms with van der Waals surface area (Å²) in [6, 6.07) is 0. The van der Waals surface area contributed by atoms with Crippen LogP contribution in [0.2, 0.25) is 5.02 Å². The average Bonchev–Trinajstić information content (AvgIpc) is 2.34. The van der Waals surface area contributed by atoms with Gasteiger partial charge in [-0.2, -0.15) is 0 Å². The molecule has 2 aromatic heterocycles. The number of rotatable bonds is 0. The van der Waals surface area contributed by atoms with Gasteiger partial charge in [-0.25, -0.2) is 4.98 Å². The molecule has 0 amide bonds. The van der Waals surface area contributed by atoms with Crippen LogP contribution in [0.1, 0.15) is 0 Å². The number of hydrogen-bond donors (Lipinski definition) is 0. The van der Waals surface area contributed by atoms with Crippen molar-refractivity contribution >= 4 is 33.3 Å². The smallest absolute Gasteiger partial charge is 0.143 e. The highest BCUT2D eigenvalue weighted by Gasteiger charge is 2.00.